The van der Waals surface area contributed by atoms with E-state index in [4.69, 9.17) is 4.74 Å². The second-order valence-electron chi connectivity index (χ2n) is 7.76. The van der Waals surface area contributed by atoms with Crippen molar-refractivity contribution in [1.29, 1.82) is 0 Å². The average Bonchev–Trinajstić information content (AvgIpc) is 2.78. The van der Waals surface area contributed by atoms with E-state index >= 15 is 13.2 Å². The minimum atomic E-state index is -4.83. The summed E-state index contributed by atoms with van der Waals surface area (Å²) in [4.78, 5) is 13.9. The molecule has 0 amide bonds. The number of aliphatic hydroxyl groups excluding tert-OH is 1. The van der Waals surface area contributed by atoms with Gasteiger partial charge in [-0.1, -0.05) is 48.0 Å². The smallest absolute Gasteiger partial charge is 0.408 e. The highest BCUT2D eigenvalue weighted by molar-refractivity contribution is 8.00. The minimum Gasteiger partial charge on any atom is -0.497 e. The Hall–Kier alpha value is -2.77. The summed E-state index contributed by atoms with van der Waals surface area (Å²) in [6, 6.07) is 18.3. The standard InChI is InChI=1S/C25H21F3O3S/c1-15-6-5-7-17(14-15)24(25(26,27)28)21(22(29)16-10-12-18(31-2)13-11-16)23(30)19-8-3-4-9-20(19)32-24/h3-14,21,23,30H,1-2H3/t21-,23+,24-/m1/s1. The van der Waals surface area contributed by atoms with Crippen LogP contribution in [-0.4, -0.2) is 24.2 Å². The van der Waals surface area contributed by atoms with E-state index in [1.165, 1.54) is 43.5 Å². The largest absolute Gasteiger partial charge is 0.497 e. The van der Waals surface area contributed by atoms with Gasteiger partial charge in [0.15, 0.2) is 10.5 Å². The molecular weight excluding hydrogens is 437 g/mol. The maximum atomic E-state index is 15.0. The monoisotopic (exact) mass is 458 g/mol. The van der Waals surface area contributed by atoms with E-state index in [9.17, 15) is 9.90 Å². The third-order valence-electron chi connectivity index (χ3n) is 5.79. The molecule has 0 saturated heterocycles. The lowest BCUT2D eigenvalue weighted by molar-refractivity contribution is -0.180. The van der Waals surface area contributed by atoms with Crippen LogP contribution in [0.5, 0.6) is 5.75 Å². The molecule has 0 fully saturated rings. The Labute approximate surface area is 188 Å². The van der Waals surface area contributed by atoms with E-state index in [0.29, 0.717) is 33.5 Å². The molecule has 0 saturated carbocycles. The maximum absolute atomic E-state index is 15.0. The number of rotatable bonds is 4. The summed E-state index contributed by atoms with van der Waals surface area (Å²) in [6.45, 7) is 1.70. The van der Waals surface area contributed by atoms with Gasteiger partial charge in [0.05, 0.1) is 19.1 Å². The summed E-state index contributed by atoms with van der Waals surface area (Å²) in [7, 11) is 1.46. The van der Waals surface area contributed by atoms with Gasteiger partial charge in [0, 0.05) is 10.5 Å². The number of hydrogen-bond acceptors (Lipinski definition) is 4. The van der Waals surface area contributed by atoms with Gasteiger partial charge in [-0.15, -0.1) is 11.8 Å². The summed E-state index contributed by atoms with van der Waals surface area (Å²) < 4.78 is 47.5. The van der Waals surface area contributed by atoms with Gasteiger partial charge in [0.25, 0.3) is 0 Å². The molecule has 0 bridgehead atoms. The number of aliphatic hydroxyl groups is 1. The molecular formula is C25H21F3O3S. The molecule has 166 valence electrons. The Bertz CT molecular complexity index is 1140. The molecule has 32 heavy (non-hydrogen) atoms. The van der Waals surface area contributed by atoms with E-state index < -0.39 is 28.7 Å². The molecule has 1 aliphatic heterocycles. The summed E-state index contributed by atoms with van der Waals surface area (Å²) in [5.74, 6) is -2.08. The van der Waals surface area contributed by atoms with Gasteiger partial charge in [0.1, 0.15) is 5.75 Å². The van der Waals surface area contributed by atoms with Crippen molar-refractivity contribution in [3.63, 3.8) is 0 Å². The van der Waals surface area contributed by atoms with Crippen molar-refractivity contribution >= 4 is 17.5 Å². The number of carbonyl (C=O) groups excluding carboxylic acids is 1. The molecule has 3 nitrogen and oxygen atoms in total. The molecule has 0 spiro atoms. The average molecular weight is 459 g/mol. The highest BCUT2D eigenvalue weighted by atomic mass is 32.2. The maximum Gasteiger partial charge on any atom is 0.408 e. The van der Waals surface area contributed by atoms with Crippen LogP contribution in [0.3, 0.4) is 0 Å². The Morgan fingerprint density at radius 3 is 2.34 bits per heavy atom. The highest BCUT2D eigenvalue weighted by Crippen LogP contribution is 2.64. The van der Waals surface area contributed by atoms with Crippen molar-refractivity contribution in [3.8, 4) is 5.75 Å². The predicted molar refractivity (Wildman–Crippen MR) is 117 cm³/mol. The number of methoxy groups -OCH3 is 1. The second-order valence-corrected chi connectivity index (χ2v) is 9.05. The van der Waals surface area contributed by atoms with E-state index in [0.717, 1.165) is 0 Å². The van der Waals surface area contributed by atoms with Crippen LogP contribution in [0.15, 0.2) is 77.7 Å². The van der Waals surface area contributed by atoms with Crippen molar-refractivity contribution in [2.45, 2.75) is 28.8 Å². The van der Waals surface area contributed by atoms with E-state index in [1.54, 1.807) is 43.3 Å². The first-order valence-electron chi connectivity index (χ1n) is 9.97. The number of aryl methyl sites for hydroxylation is 1. The Kier molecular flexibility index (Phi) is 5.81. The summed E-state index contributed by atoms with van der Waals surface area (Å²) in [6.07, 6.45) is -6.46. The Morgan fingerprint density at radius 1 is 1.03 bits per heavy atom. The molecule has 4 rings (SSSR count). The fourth-order valence-corrected chi connectivity index (χ4v) is 5.76. The third-order valence-corrected chi connectivity index (χ3v) is 7.42. The van der Waals surface area contributed by atoms with Crippen molar-refractivity contribution in [2.75, 3.05) is 7.11 Å². The van der Waals surface area contributed by atoms with E-state index in [2.05, 4.69) is 0 Å². The lowest BCUT2D eigenvalue weighted by Crippen LogP contribution is -2.53. The molecule has 1 aliphatic rings. The van der Waals surface area contributed by atoms with Crippen LogP contribution in [0, 0.1) is 12.8 Å². The van der Waals surface area contributed by atoms with Gasteiger partial charge in [-0.3, -0.25) is 4.79 Å². The van der Waals surface area contributed by atoms with E-state index in [-0.39, 0.29) is 11.1 Å². The quantitative estimate of drug-likeness (QED) is 0.480. The number of ether oxygens (including phenoxy) is 1. The van der Waals surface area contributed by atoms with Crippen LogP contribution in [-0.2, 0) is 4.75 Å². The number of benzene rings is 3. The van der Waals surface area contributed by atoms with Crippen molar-refractivity contribution < 1.29 is 27.8 Å². The van der Waals surface area contributed by atoms with Crippen LogP contribution >= 0.6 is 11.8 Å². The third kappa shape index (κ3) is 3.59. The van der Waals surface area contributed by atoms with Crippen LogP contribution in [0.4, 0.5) is 13.2 Å². The first-order chi connectivity index (χ1) is 15.2. The lowest BCUT2D eigenvalue weighted by Gasteiger charge is -2.47. The number of thioether (sulfide) groups is 1. The van der Waals surface area contributed by atoms with Gasteiger partial charge in [0.2, 0.25) is 0 Å². The van der Waals surface area contributed by atoms with Crippen molar-refractivity contribution in [2.24, 2.45) is 5.92 Å². The number of carbonyl (C=O) groups is 1. The molecule has 3 aromatic rings. The summed E-state index contributed by atoms with van der Waals surface area (Å²) in [5, 5.41) is 11.2. The first-order valence-corrected chi connectivity index (χ1v) is 10.8. The number of fused-ring (bicyclic) bond motifs is 1. The molecule has 0 radical (unpaired) electrons. The number of ketones is 1. The molecule has 0 aliphatic carbocycles. The fraction of sp³-hybridized carbons (Fsp3) is 0.240. The summed E-state index contributed by atoms with van der Waals surface area (Å²) in [5.41, 5.74) is 0.971. The topological polar surface area (TPSA) is 46.5 Å². The Balaban J connectivity index is 1.98. The van der Waals surface area contributed by atoms with Crippen LogP contribution < -0.4 is 4.74 Å². The van der Waals surface area contributed by atoms with Crippen molar-refractivity contribution in [1.82, 2.24) is 0 Å². The molecule has 7 heteroatoms. The molecule has 0 unspecified atom stereocenters. The SMILES string of the molecule is COc1ccc(C(=O)[C@@H]2[C@@H](O)c3ccccc3S[C@@]2(c2cccc(C)c2)C(F)(F)F)cc1. The zero-order chi connectivity index (χ0) is 23.1. The highest BCUT2D eigenvalue weighted by Gasteiger charge is 2.67. The fourth-order valence-electron chi connectivity index (χ4n) is 4.23. The number of hydrogen-bond donors (Lipinski definition) is 1. The first kappa shape index (κ1) is 22.4. The number of halogens is 3. The molecule has 1 N–H and O–H groups in total. The zero-order valence-electron chi connectivity index (χ0n) is 17.4. The normalized spacial score (nSPS) is 22.8. The van der Waals surface area contributed by atoms with Crippen LogP contribution in [0.25, 0.3) is 0 Å². The van der Waals surface area contributed by atoms with Gasteiger partial charge in [-0.05, 0) is 48.4 Å². The molecule has 3 aromatic carbocycles. The van der Waals surface area contributed by atoms with Gasteiger partial charge in [-0.2, -0.15) is 13.2 Å². The minimum absolute atomic E-state index is 0.0598. The van der Waals surface area contributed by atoms with Gasteiger partial charge < -0.3 is 9.84 Å². The molecule has 1 heterocycles. The molecule has 0 aromatic heterocycles. The van der Waals surface area contributed by atoms with Crippen LogP contribution in [0.1, 0.15) is 33.2 Å². The molecule has 3 atom stereocenters. The van der Waals surface area contributed by atoms with Gasteiger partial charge in [-0.25, -0.2) is 0 Å². The van der Waals surface area contributed by atoms with Crippen LogP contribution in [0.2, 0.25) is 0 Å². The van der Waals surface area contributed by atoms with Crippen molar-refractivity contribution in [3.05, 3.63) is 95.1 Å². The number of alkyl halides is 3. The predicted octanol–water partition coefficient (Wildman–Crippen LogP) is 6.10. The second kappa shape index (κ2) is 8.30. The summed E-state index contributed by atoms with van der Waals surface area (Å²) >= 11 is 0.585. The van der Waals surface area contributed by atoms with Gasteiger partial charge >= 0.3 is 6.18 Å². The lowest BCUT2D eigenvalue weighted by atomic mass is 9.74. The number of Topliss-reactive ketones (excluding diaryl/α,β-unsaturated/α-hetero) is 1. The Morgan fingerprint density at radius 2 is 1.72 bits per heavy atom. The van der Waals surface area contributed by atoms with E-state index in [1.807, 2.05) is 0 Å². The zero-order valence-corrected chi connectivity index (χ0v) is 18.2.